The summed E-state index contributed by atoms with van der Waals surface area (Å²) in [7, 11) is 1.63. The SMILES string of the molecule is COc1ccc(COc2ccc(-c3noc(CCC(N)=O)n3)nc2)cc1. The molecule has 0 spiro atoms. The molecule has 0 saturated carbocycles. The van der Waals surface area contributed by atoms with E-state index in [0.717, 1.165) is 11.3 Å². The van der Waals surface area contributed by atoms with Gasteiger partial charge in [0.05, 0.1) is 13.3 Å². The molecular formula is C18H18N4O4. The van der Waals surface area contributed by atoms with Crippen molar-refractivity contribution in [2.45, 2.75) is 19.4 Å². The normalized spacial score (nSPS) is 10.5. The molecular weight excluding hydrogens is 336 g/mol. The van der Waals surface area contributed by atoms with Gasteiger partial charge in [0.25, 0.3) is 0 Å². The first kappa shape index (κ1) is 17.4. The van der Waals surface area contributed by atoms with Gasteiger partial charge < -0.3 is 19.7 Å². The molecule has 0 saturated heterocycles. The zero-order chi connectivity index (χ0) is 18.4. The second kappa shape index (κ2) is 8.11. The van der Waals surface area contributed by atoms with Crippen LogP contribution in [0.5, 0.6) is 11.5 Å². The molecule has 1 amide bonds. The van der Waals surface area contributed by atoms with Crippen molar-refractivity contribution in [2.75, 3.05) is 7.11 Å². The first-order chi connectivity index (χ1) is 12.6. The van der Waals surface area contributed by atoms with Gasteiger partial charge in [0.2, 0.25) is 17.6 Å². The third-order valence-corrected chi connectivity index (χ3v) is 3.58. The van der Waals surface area contributed by atoms with Crippen LogP contribution in [0.15, 0.2) is 47.1 Å². The number of hydrogen-bond acceptors (Lipinski definition) is 7. The number of amides is 1. The summed E-state index contributed by atoms with van der Waals surface area (Å²) in [6.45, 7) is 0.421. The van der Waals surface area contributed by atoms with Gasteiger partial charge in [0.1, 0.15) is 23.8 Å². The average Bonchev–Trinajstić information content (AvgIpc) is 3.14. The molecule has 0 aliphatic carbocycles. The van der Waals surface area contributed by atoms with Gasteiger partial charge in [-0.25, -0.2) is 4.98 Å². The third kappa shape index (κ3) is 4.56. The lowest BCUT2D eigenvalue weighted by Crippen LogP contribution is -2.11. The number of benzene rings is 1. The van der Waals surface area contributed by atoms with E-state index in [1.54, 1.807) is 25.4 Å². The van der Waals surface area contributed by atoms with E-state index in [4.69, 9.17) is 19.7 Å². The molecule has 2 aromatic heterocycles. The molecule has 0 fully saturated rings. The summed E-state index contributed by atoms with van der Waals surface area (Å²) in [6, 6.07) is 11.2. The Balaban J connectivity index is 1.58. The number of aryl methyl sites for hydroxylation is 1. The molecule has 3 aromatic rings. The highest BCUT2D eigenvalue weighted by molar-refractivity contribution is 5.73. The zero-order valence-electron chi connectivity index (χ0n) is 14.2. The van der Waals surface area contributed by atoms with Crippen molar-refractivity contribution < 1.29 is 18.8 Å². The van der Waals surface area contributed by atoms with E-state index in [0.29, 0.717) is 36.2 Å². The first-order valence-corrected chi connectivity index (χ1v) is 7.97. The van der Waals surface area contributed by atoms with Gasteiger partial charge in [-0.2, -0.15) is 4.98 Å². The van der Waals surface area contributed by atoms with Crippen LogP contribution in [0.2, 0.25) is 0 Å². The Morgan fingerprint density at radius 2 is 1.92 bits per heavy atom. The highest BCUT2D eigenvalue weighted by Gasteiger charge is 2.11. The quantitative estimate of drug-likeness (QED) is 0.659. The second-order valence-electron chi connectivity index (χ2n) is 5.49. The van der Waals surface area contributed by atoms with Crippen molar-refractivity contribution in [3.05, 3.63) is 54.0 Å². The number of ether oxygens (including phenoxy) is 2. The van der Waals surface area contributed by atoms with Gasteiger partial charge in [0.15, 0.2) is 0 Å². The van der Waals surface area contributed by atoms with Crippen LogP contribution in [0.1, 0.15) is 17.9 Å². The van der Waals surface area contributed by atoms with Gasteiger partial charge in [-0.1, -0.05) is 17.3 Å². The predicted octanol–water partition coefficient (Wildman–Crippen LogP) is 2.14. The molecule has 0 aliphatic heterocycles. The fourth-order valence-corrected chi connectivity index (χ4v) is 2.18. The number of hydrogen-bond donors (Lipinski definition) is 1. The number of rotatable bonds is 8. The highest BCUT2D eigenvalue weighted by atomic mass is 16.5. The van der Waals surface area contributed by atoms with Crippen molar-refractivity contribution in [2.24, 2.45) is 5.73 Å². The molecule has 26 heavy (non-hydrogen) atoms. The summed E-state index contributed by atoms with van der Waals surface area (Å²) in [5.41, 5.74) is 6.67. The second-order valence-corrected chi connectivity index (χ2v) is 5.49. The van der Waals surface area contributed by atoms with Crippen LogP contribution >= 0.6 is 0 Å². The van der Waals surface area contributed by atoms with Crippen molar-refractivity contribution in [3.8, 4) is 23.0 Å². The summed E-state index contributed by atoms with van der Waals surface area (Å²) in [5, 5.41) is 3.85. The standard InChI is InChI=1S/C18H18N4O4/c1-24-13-4-2-12(3-5-13)11-25-14-6-7-15(20-10-14)18-21-17(26-22-18)9-8-16(19)23/h2-7,10H,8-9,11H2,1H3,(H2,19,23). The molecule has 0 radical (unpaired) electrons. The van der Waals surface area contributed by atoms with Gasteiger partial charge in [0, 0.05) is 12.8 Å². The van der Waals surface area contributed by atoms with E-state index in [1.807, 2.05) is 24.3 Å². The maximum absolute atomic E-state index is 10.8. The summed E-state index contributed by atoms with van der Waals surface area (Å²) < 4.78 is 15.9. The molecule has 134 valence electrons. The van der Waals surface area contributed by atoms with Gasteiger partial charge in [-0.15, -0.1) is 0 Å². The number of pyridine rings is 1. The van der Waals surface area contributed by atoms with Crippen molar-refractivity contribution in [3.63, 3.8) is 0 Å². The number of carbonyl (C=O) groups excluding carboxylic acids is 1. The van der Waals surface area contributed by atoms with Crippen LogP contribution in [-0.4, -0.2) is 28.1 Å². The molecule has 3 rings (SSSR count). The van der Waals surface area contributed by atoms with Crippen LogP contribution in [0.4, 0.5) is 0 Å². The molecule has 0 atom stereocenters. The minimum Gasteiger partial charge on any atom is -0.497 e. The minimum absolute atomic E-state index is 0.160. The van der Waals surface area contributed by atoms with Gasteiger partial charge >= 0.3 is 0 Å². The number of nitrogens with two attached hydrogens (primary N) is 1. The fourth-order valence-electron chi connectivity index (χ4n) is 2.18. The Kier molecular flexibility index (Phi) is 5.43. The zero-order valence-corrected chi connectivity index (χ0v) is 14.2. The van der Waals surface area contributed by atoms with E-state index in [2.05, 4.69) is 15.1 Å². The fraction of sp³-hybridized carbons (Fsp3) is 0.222. The van der Waals surface area contributed by atoms with Crippen LogP contribution in [0.25, 0.3) is 11.5 Å². The largest absolute Gasteiger partial charge is 0.497 e. The Morgan fingerprint density at radius 3 is 2.58 bits per heavy atom. The van der Waals surface area contributed by atoms with Crippen molar-refractivity contribution in [1.29, 1.82) is 0 Å². The Labute approximate surface area is 150 Å². The molecule has 8 heteroatoms. The van der Waals surface area contributed by atoms with Crippen molar-refractivity contribution >= 4 is 5.91 Å². The number of methoxy groups -OCH3 is 1. The molecule has 0 unspecified atom stereocenters. The summed E-state index contributed by atoms with van der Waals surface area (Å²) in [5.74, 6) is 1.71. The van der Waals surface area contributed by atoms with Crippen molar-refractivity contribution in [1.82, 2.24) is 15.1 Å². The van der Waals surface area contributed by atoms with Crippen LogP contribution in [-0.2, 0) is 17.8 Å². The van der Waals surface area contributed by atoms with E-state index in [9.17, 15) is 4.79 Å². The first-order valence-electron chi connectivity index (χ1n) is 7.97. The molecule has 1 aromatic carbocycles. The lowest BCUT2D eigenvalue weighted by atomic mass is 10.2. The number of carbonyl (C=O) groups is 1. The smallest absolute Gasteiger partial charge is 0.227 e. The molecule has 2 N–H and O–H groups in total. The maximum Gasteiger partial charge on any atom is 0.227 e. The van der Waals surface area contributed by atoms with Crippen LogP contribution in [0.3, 0.4) is 0 Å². The van der Waals surface area contributed by atoms with Gasteiger partial charge in [-0.05, 0) is 29.8 Å². The Hall–Kier alpha value is -3.42. The summed E-state index contributed by atoms with van der Waals surface area (Å²) in [6.07, 6.45) is 2.07. The third-order valence-electron chi connectivity index (χ3n) is 3.58. The lowest BCUT2D eigenvalue weighted by molar-refractivity contribution is -0.118. The number of primary amides is 1. The van der Waals surface area contributed by atoms with Crippen LogP contribution in [0, 0.1) is 0 Å². The lowest BCUT2D eigenvalue weighted by Gasteiger charge is -2.07. The monoisotopic (exact) mass is 354 g/mol. The highest BCUT2D eigenvalue weighted by Crippen LogP contribution is 2.19. The molecule has 0 aliphatic rings. The number of nitrogens with zero attached hydrogens (tertiary/aromatic N) is 3. The molecule has 8 nitrogen and oxygen atoms in total. The Morgan fingerprint density at radius 1 is 1.15 bits per heavy atom. The average molecular weight is 354 g/mol. The number of aromatic nitrogens is 3. The van der Waals surface area contributed by atoms with E-state index >= 15 is 0 Å². The predicted molar refractivity (Wildman–Crippen MR) is 92.4 cm³/mol. The van der Waals surface area contributed by atoms with E-state index in [1.165, 1.54) is 0 Å². The topological polar surface area (TPSA) is 113 Å². The summed E-state index contributed by atoms with van der Waals surface area (Å²) in [4.78, 5) is 19.2. The molecule has 0 bridgehead atoms. The van der Waals surface area contributed by atoms with Gasteiger partial charge in [-0.3, -0.25) is 4.79 Å². The molecule has 2 heterocycles. The summed E-state index contributed by atoms with van der Waals surface area (Å²) >= 11 is 0. The Bertz CT molecular complexity index is 860. The van der Waals surface area contributed by atoms with Crippen LogP contribution < -0.4 is 15.2 Å². The van der Waals surface area contributed by atoms with E-state index < -0.39 is 5.91 Å². The van der Waals surface area contributed by atoms with E-state index in [-0.39, 0.29) is 6.42 Å². The minimum atomic E-state index is -0.416. The maximum atomic E-state index is 10.8.